The number of fused-ring (bicyclic) bond motifs is 1. The molecule has 0 amide bonds. The summed E-state index contributed by atoms with van der Waals surface area (Å²) in [5, 5.41) is 0. The molecule has 0 fully saturated rings. The van der Waals surface area contributed by atoms with Crippen LogP contribution in [-0.2, 0) is 0 Å². The van der Waals surface area contributed by atoms with Crippen LogP contribution in [0.3, 0.4) is 0 Å². The summed E-state index contributed by atoms with van der Waals surface area (Å²) in [4.78, 5) is 19.4. The first-order valence-electron chi connectivity index (χ1n) is 5.88. The van der Waals surface area contributed by atoms with E-state index in [1.807, 2.05) is 43.3 Å². The van der Waals surface area contributed by atoms with Gasteiger partial charge in [-0.15, -0.1) is 5.73 Å². The zero-order chi connectivity index (χ0) is 12.5. The molecule has 1 aromatic heterocycles. The summed E-state index contributed by atoms with van der Waals surface area (Å²) in [7, 11) is 0. The number of hydrogen-bond acceptors (Lipinski definition) is 2. The van der Waals surface area contributed by atoms with Gasteiger partial charge in [-0.25, -0.2) is 4.98 Å². The number of nitrogens with one attached hydrogen (secondary N) is 1. The number of aromatic amines is 1. The first-order valence-corrected chi connectivity index (χ1v) is 5.88. The van der Waals surface area contributed by atoms with E-state index in [1.54, 1.807) is 6.08 Å². The Labute approximate surface area is 105 Å². The summed E-state index contributed by atoms with van der Waals surface area (Å²) in [5.74, 6) is 0.171. The lowest BCUT2D eigenvalue weighted by Gasteiger charge is -2.13. The van der Waals surface area contributed by atoms with E-state index in [4.69, 9.17) is 0 Å². The monoisotopic (exact) mass is 236 g/mol. The first-order chi connectivity index (χ1) is 8.75. The predicted molar refractivity (Wildman–Crippen MR) is 71.3 cm³/mol. The normalized spacial score (nSPS) is 16.6. The van der Waals surface area contributed by atoms with Crippen LogP contribution in [-0.4, -0.2) is 9.97 Å². The van der Waals surface area contributed by atoms with Gasteiger partial charge in [-0.2, -0.15) is 0 Å². The molecule has 0 spiro atoms. The number of aromatic nitrogens is 2. The number of allylic oxidation sites excluding steroid dienone is 1. The number of hydrogen-bond donors (Lipinski definition) is 1. The van der Waals surface area contributed by atoms with Gasteiger partial charge in [0, 0.05) is 17.6 Å². The molecule has 18 heavy (non-hydrogen) atoms. The van der Waals surface area contributed by atoms with Crippen molar-refractivity contribution in [2.75, 3.05) is 0 Å². The van der Waals surface area contributed by atoms with Crippen LogP contribution in [0, 0.1) is 0 Å². The third-order valence-corrected chi connectivity index (χ3v) is 3.02. The molecule has 1 N–H and O–H groups in total. The smallest absolute Gasteiger partial charge is 0.274 e. The minimum Gasteiger partial charge on any atom is -0.318 e. The predicted octanol–water partition coefficient (Wildman–Crippen LogP) is 2.72. The number of rotatable bonds is 1. The van der Waals surface area contributed by atoms with Gasteiger partial charge in [0.15, 0.2) is 0 Å². The molecule has 3 rings (SSSR count). The average molecular weight is 236 g/mol. The van der Waals surface area contributed by atoms with Crippen LogP contribution in [0.25, 0.3) is 17.3 Å². The zero-order valence-corrected chi connectivity index (χ0v) is 9.97. The quantitative estimate of drug-likeness (QED) is 0.774. The van der Waals surface area contributed by atoms with E-state index in [0.29, 0.717) is 5.69 Å². The summed E-state index contributed by atoms with van der Waals surface area (Å²) in [6.45, 7) is 2.04. The van der Waals surface area contributed by atoms with Crippen LogP contribution in [0.4, 0.5) is 0 Å². The van der Waals surface area contributed by atoms with Crippen molar-refractivity contribution in [1.29, 1.82) is 0 Å². The molecule has 1 heterocycles. The molecule has 88 valence electrons. The van der Waals surface area contributed by atoms with Crippen LogP contribution in [0.5, 0.6) is 0 Å². The van der Waals surface area contributed by atoms with Crippen molar-refractivity contribution in [3.8, 4) is 11.3 Å². The molecule has 1 unspecified atom stereocenters. The van der Waals surface area contributed by atoms with E-state index in [2.05, 4.69) is 15.7 Å². The Morgan fingerprint density at radius 3 is 2.83 bits per heavy atom. The number of benzene rings is 1. The molecule has 0 saturated heterocycles. The molecule has 3 heteroatoms. The van der Waals surface area contributed by atoms with Gasteiger partial charge in [0.25, 0.3) is 5.56 Å². The van der Waals surface area contributed by atoms with Gasteiger partial charge in [-0.1, -0.05) is 37.3 Å². The largest absolute Gasteiger partial charge is 0.318 e. The minimum absolute atomic E-state index is 0.160. The SMILES string of the molecule is CC1C=C=Cc2[nH]c(=O)c(-c3ccccc3)nc21. The van der Waals surface area contributed by atoms with Crippen molar-refractivity contribution in [3.63, 3.8) is 0 Å². The van der Waals surface area contributed by atoms with Gasteiger partial charge in [0.05, 0.1) is 11.4 Å². The van der Waals surface area contributed by atoms with Gasteiger partial charge >= 0.3 is 0 Å². The van der Waals surface area contributed by atoms with Crippen molar-refractivity contribution >= 4 is 6.08 Å². The third kappa shape index (κ3) is 1.71. The maximum absolute atomic E-state index is 12.0. The summed E-state index contributed by atoms with van der Waals surface area (Å²) in [6.07, 6.45) is 3.71. The second-order valence-corrected chi connectivity index (χ2v) is 4.35. The fourth-order valence-corrected chi connectivity index (χ4v) is 2.08. The van der Waals surface area contributed by atoms with Crippen LogP contribution < -0.4 is 5.56 Å². The van der Waals surface area contributed by atoms with Crippen molar-refractivity contribution < 1.29 is 0 Å². The maximum atomic E-state index is 12.0. The van der Waals surface area contributed by atoms with Gasteiger partial charge in [-0.05, 0) is 6.08 Å². The van der Waals surface area contributed by atoms with Crippen molar-refractivity contribution in [2.45, 2.75) is 12.8 Å². The molecule has 1 aromatic carbocycles. The summed E-state index contributed by atoms with van der Waals surface area (Å²) in [5.41, 5.74) is 5.83. The van der Waals surface area contributed by atoms with Crippen LogP contribution >= 0.6 is 0 Å². The maximum Gasteiger partial charge on any atom is 0.274 e. The van der Waals surface area contributed by atoms with E-state index in [-0.39, 0.29) is 11.5 Å². The molecule has 1 aliphatic rings. The van der Waals surface area contributed by atoms with E-state index >= 15 is 0 Å². The van der Waals surface area contributed by atoms with Gasteiger partial charge < -0.3 is 4.98 Å². The van der Waals surface area contributed by atoms with Gasteiger partial charge in [-0.3, -0.25) is 4.79 Å². The molecule has 2 aromatic rings. The molecule has 1 aliphatic carbocycles. The summed E-state index contributed by atoms with van der Waals surface area (Å²) >= 11 is 0. The molecule has 0 saturated carbocycles. The molecular weight excluding hydrogens is 224 g/mol. The Morgan fingerprint density at radius 2 is 2.06 bits per heavy atom. The summed E-state index contributed by atoms with van der Waals surface area (Å²) in [6, 6.07) is 9.51. The Morgan fingerprint density at radius 1 is 1.28 bits per heavy atom. The van der Waals surface area contributed by atoms with Crippen molar-refractivity contribution in [3.05, 3.63) is 63.9 Å². The highest BCUT2D eigenvalue weighted by Gasteiger charge is 2.15. The molecule has 1 atom stereocenters. The standard InChI is InChI=1S/C15H12N2O/c1-10-6-5-9-12-13(10)17-14(15(18)16-12)11-7-3-2-4-8-11/h2-4,6-10H,1H3,(H,16,18). The highest BCUT2D eigenvalue weighted by Crippen LogP contribution is 2.23. The number of H-pyrrole nitrogens is 1. The molecule has 0 bridgehead atoms. The van der Waals surface area contributed by atoms with Crippen molar-refractivity contribution in [2.24, 2.45) is 0 Å². The second-order valence-electron chi connectivity index (χ2n) is 4.35. The summed E-state index contributed by atoms with van der Waals surface area (Å²) < 4.78 is 0. The highest BCUT2D eigenvalue weighted by molar-refractivity contribution is 5.61. The van der Waals surface area contributed by atoms with E-state index in [0.717, 1.165) is 17.0 Å². The van der Waals surface area contributed by atoms with Gasteiger partial charge in [0.2, 0.25) is 0 Å². The first kappa shape index (κ1) is 10.8. The third-order valence-electron chi connectivity index (χ3n) is 3.02. The minimum atomic E-state index is -0.160. The highest BCUT2D eigenvalue weighted by atomic mass is 16.1. The van der Waals surface area contributed by atoms with E-state index in [1.165, 1.54) is 0 Å². The van der Waals surface area contributed by atoms with Crippen LogP contribution in [0.15, 0.2) is 46.9 Å². The fourth-order valence-electron chi connectivity index (χ4n) is 2.08. The average Bonchev–Trinajstić information content (AvgIpc) is 2.39. The lowest BCUT2D eigenvalue weighted by Crippen LogP contribution is -2.17. The topological polar surface area (TPSA) is 45.8 Å². The Balaban J connectivity index is 2.23. The second kappa shape index (κ2) is 4.13. The van der Waals surface area contributed by atoms with Gasteiger partial charge in [0.1, 0.15) is 5.69 Å². The lowest BCUT2D eigenvalue weighted by molar-refractivity contribution is 0.873. The molecule has 0 radical (unpaired) electrons. The lowest BCUT2D eigenvalue weighted by atomic mass is 10.0. The Kier molecular flexibility index (Phi) is 2.47. The zero-order valence-electron chi connectivity index (χ0n) is 9.97. The van der Waals surface area contributed by atoms with E-state index < -0.39 is 0 Å². The van der Waals surface area contributed by atoms with E-state index in [9.17, 15) is 4.79 Å². The fraction of sp³-hybridized carbons (Fsp3) is 0.133. The Bertz CT molecular complexity index is 707. The molecule has 3 nitrogen and oxygen atoms in total. The van der Waals surface area contributed by atoms with Crippen LogP contribution in [0.1, 0.15) is 24.2 Å². The molecule has 0 aliphatic heterocycles. The molecular formula is C15H12N2O. The number of nitrogens with zero attached hydrogens (tertiary/aromatic N) is 1. The van der Waals surface area contributed by atoms with Crippen molar-refractivity contribution in [1.82, 2.24) is 9.97 Å². The Hall–Kier alpha value is -2.38. The van der Waals surface area contributed by atoms with Crippen LogP contribution in [0.2, 0.25) is 0 Å².